The number of fused-ring (bicyclic) bond motifs is 1. The van der Waals surface area contributed by atoms with Gasteiger partial charge in [-0.25, -0.2) is 9.86 Å². The summed E-state index contributed by atoms with van der Waals surface area (Å²) in [5.74, 6) is -1.82. The monoisotopic (exact) mass is 581 g/mol. The number of amides is 2. The normalized spacial score (nSPS) is 21.0. The number of hydrogen-bond donors (Lipinski definition) is 1. The van der Waals surface area contributed by atoms with Crippen molar-refractivity contribution in [2.45, 2.75) is 47.1 Å². The molecular weight excluding hydrogens is 560 g/mol. The summed E-state index contributed by atoms with van der Waals surface area (Å²) >= 11 is 24.4. The van der Waals surface area contributed by atoms with Crippen molar-refractivity contribution in [1.29, 1.82) is 0 Å². The highest BCUT2D eigenvalue weighted by molar-refractivity contribution is 8.15. The van der Waals surface area contributed by atoms with Gasteiger partial charge < -0.3 is 10.0 Å². The van der Waals surface area contributed by atoms with Gasteiger partial charge in [0.25, 0.3) is 5.91 Å². The third-order valence-electron chi connectivity index (χ3n) is 5.43. The molecule has 1 saturated heterocycles. The molecule has 8 nitrogen and oxygen atoms in total. The molecule has 2 aliphatic rings. The number of hydroxylamine groups is 2. The maximum Gasteiger partial charge on any atom is 0.330 e. The summed E-state index contributed by atoms with van der Waals surface area (Å²) in [7, 11) is 0. The number of carboxylic acid groups (broad SMARTS) is 1. The van der Waals surface area contributed by atoms with Crippen LogP contribution >= 0.6 is 58.2 Å². The lowest BCUT2D eigenvalue weighted by atomic mass is 9.99. The van der Waals surface area contributed by atoms with Crippen LogP contribution in [0.15, 0.2) is 41.4 Å². The maximum atomic E-state index is 12.8. The fourth-order valence-electron chi connectivity index (χ4n) is 3.84. The van der Waals surface area contributed by atoms with Gasteiger partial charge in [-0.05, 0) is 23.1 Å². The topological polar surface area (TPSA) is 99.5 Å². The van der Waals surface area contributed by atoms with Gasteiger partial charge in [0.2, 0.25) is 10.2 Å². The predicted octanol–water partition coefficient (Wildman–Crippen LogP) is 4.37. The van der Waals surface area contributed by atoms with Gasteiger partial charge in [0.1, 0.15) is 23.1 Å². The second kappa shape index (κ2) is 11.7. The molecule has 13 heteroatoms. The molecule has 0 bridgehead atoms. The third kappa shape index (κ3) is 6.26. The number of likely N-dealkylation sites (tertiary alicyclic amines) is 1. The van der Waals surface area contributed by atoms with Crippen molar-refractivity contribution in [2.75, 3.05) is 12.5 Å². The molecule has 4 atom stereocenters. The zero-order valence-electron chi connectivity index (χ0n) is 18.6. The minimum Gasteiger partial charge on any atom is -0.479 e. The van der Waals surface area contributed by atoms with Crippen LogP contribution in [-0.2, 0) is 25.6 Å². The molecule has 0 spiro atoms. The lowest BCUT2D eigenvalue weighted by molar-refractivity contribution is -0.178. The molecule has 3 rings (SSSR count). The Balaban J connectivity index is 1.92. The highest BCUT2D eigenvalue weighted by atomic mass is 35.6. The van der Waals surface area contributed by atoms with Crippen molar-refractivity contribution >= 4 is 81.5 Å². The van der Waals surface area contributed by atoms with Crippen LogP contribution in [-0.4, -0.2) is 72.1 Å². The number of rotatable bonds is 12. The van der Waals surface area contributed by atoms with E-state index in [4.69, 9.17) is 51.2 Å². The second-order valence-electron chi connectivity index (χ2n) is 7.95. The van der Waals surface area contributed by atoms with Crippen LogP contribution < -0.4 is 0 Å². The molecule has 2 aliphatic heterocycles. The number of carbonyl (C=O) groups excluding carboxylic acids is 2. The predicted molar refractivity (Wildman–Crippen MR) is 138 cm³/mol. The van der Waals surface area contributed by atoms with Gasteiger partial charge in [-0.3, -0.25) is 19.4 Å². The molecular formula is C22H23Cl4N3O5S. The van der Waals surface area contributed by atoms with Crippen molar-refractivity contribution < 1.29 is 24.3 Å². The average Bonchev–Trinajstić information content (AvgIpc) is 3.19. The molecule has 1 fully saturated rings. The van der Waals surface area contributed by atoms with Crippen LogP contribution in [0.3, 0.4) is 0 Å². The molecule has 2 amide bonds. The Morgan fingerprint density at radius 2 is 2.03 bits per heavy atom. The van der Waals surface area contributed by atoms with E-state index in [1.54, 1.807) is 0 Å². The summed E-state index contributed by atoms with van der Waals surface area (Å²) in [6.45, 7) is 5.36. The molecule has 4 unspecified atom stereocenters. The molecule has 0 saturated carbocycles. The number of halogens is 4. The van der Waals surface area contributed by atoms with Crippen LogP contribution in [0.1, 0.15) is 30.5 Å². The number of hydrogen-bond acceptors (Lipinski definition) is 6. The van der Waals surface area contributed by atoms with Crippen LogP contribution in [0, 0.1) is 0 Å². The Kier molecular flexibility index (Phi) is 9.39. The SMILES string of the molecule is C=C(CCl)C(C(=O)O)N1C(=O)C2N=C(C(c3ccc(CCC)cc3)N(C=O)OCC(Cl)(Cl)Cl)SC21. The Labute approximate surface area is 227 Å². The number of thioether (sulfide) groups is 1. The third-order valence-corrected chi connectivity index (χ3v) is 7.40. The first-order valence-corrected chi connectivity index (χ1v) is 13.1. The second-order valence-corrected chi connectivity index (χ2v) is 11.9. The van der Waals surface area contributed by atoms with Crippen molar-refractivity contribution in [3.63, 3.8) is 0 Å². The van der Waals surface area contributed by atoms with Crippen molar-refractivity contribution in [2.24, 2.45) is 4.99 Å². The lowest BCUT2D eigenvalue weighted by Gasteiger charge is -2.44. The molecule has 1 N–H and O–H groups in total. The molecule has 0 radical (unpaired) electrons. The minimum absolute atomic E-state index is 0.118. The molecule has 1 aromatic rings. The van der Waals surface area contributed by atoms with E-state index in [9.17, 15) is 19.5 Å². The summed E-state index contributed by atoms with van der Waals surface area (Å²) in [6.07, 6.45) is 2.30. The van der Waals surface area contributed by atoms with Gasteiger partial charge in [0.05, 0.1) is 0 Å². The van der Waals surface area contributed by atoms with E-state index >= 15 is 0 Å². The van der Waals surface area contributed by atoms with E-state index in [0.29, 0.717) is 17.0 Å². The number of β-lactam (4-membered cyclic amide) rings is 1. The summed E-state index contributed by atoms with van der Waals surface area (Å²) in [4.78, 5) is 47.9. The first-order chi connectivity index (χ1) is 16.5. The summed E-state index contributed by atoms with van der Waals surface area (Å²) in [5, 5.41) is 10.4. The van der Waals surface area contributed by atoms with E-state index in [0.717, 1.165) is 23.5 Å². The average molecular weight is 583 g/mol. The maximum absolute atomic E-state index is 12.8. The van der Waals surface area contributed by atoms with Crippen LogP contribution in [0.25, 0.3) is 0 Å². The number of carbonyl (C=O) groups is 3. The van der Waals surface area contributed by atoms with Crippen molar-refractivity contribution in [1.82, 2.24) is 9.96 Å². The van der Waals surface area contributed by atoms with E-state index < -0.39 is 45.8 Å². The number of benzene rings is 1. The number of aliphatic imine (C=N–C) groups is 1. The van der Waals surface area contributed by atoms with E-state index in [1.165, 1.54) is 16.7 Å². The van der Waals surface area contributed by atoms with E-state index in [1.807, 2.05) is 24.3 Å². The largest absolute Gasteiger partial charge is 0.479 e. The Bertz CT molecular complexity index is 1020. The molecule has 0 aromatic heterocycles. The van der Waals surface area contributed by atoms with E-state index in [2.05, 4.69) is 18.5 Å². The highest BCUT2D eigenvalue weighted by Gasteiger charge is 2.57. The van der Waals surface area contributed by atoms with Gasteiger partial charge >= 0.3 is 5.97 Å². The molecule has 190 valence electrons. The zero-order valence-corrected chi connectivity index (χ0v) is 22.4. The Hall–Kier alpha value is -1.49. The van der Waals surface area contributed by atoms with Gasteiger partial charge in [-0.15, -0.1) is 11.6 Å². The summed E-state index contributed by atoms with van der Waals surface area (Å²) in [5.41, 5.74) is 1.96. The van der Waals surface area contributed by atoms with Gasteiger partial charge in [-0.1, -0.05) is 90.8 Å². The smallest absolute Gasteiger partial charge is 0.330 e. The highest BCUT2D eigenvalue weighted by Crippen LogP contribution is 2.45. The number of aryl methyl sites for hydroxylation is 1. The first kappa shape index (κ1) is 28.1. The van der Waals surface area contributed by atoms with Gasteiger partial charge in [0.15, 0.2) is 12.1 Å². The summed E-state index contributed by atoms with van der Waals surface area (Å²) in [6, 6.07) is 4.61. The van der Waals surface area contributed by atoms with Crippen LogP contribution in [0.5, 0.6) is 0 Å². The van der Waals surface area contributed by atoms with Crippen molar-refractivity contribution in [3.05, 3.63) is 47.5 Å². The van der Waals surface area contributed by atoms with Gasteiger partial charge in [-0.2, -0.15) is 0 Å². The lowest BCUT2D eigenvalue weighted by Crippen LogP contribution is -2.66. The minimum atomic E-state index is -1.77. The van der Waals surface area contributed by atoms with Crippen molar-refractivity contribution in [3.8, 4) is 0 Å². The quantitative estimate of drug-likeness (QED) is 0.129. The molecule has 35 heavy (non-hydrogen) atoms. The van der Waals surface area contributed by atoms with Crippen LogP contribution in [0.2, 0.25) is 0 Å². The van der Waals surface area contributed by atoms with E-state index in [-0.39, 0.29) is 11.5 Å². The first-order valence-electron chi connectivity index (χ1n) is 10.6. The summed E-state index contributed by atoms with van der Waals surface area (Å²) < 4.78 is -1.77. The Morgan fingerprint density at radius 3 is 2.54 bits per heavy atom. The molecule has 2 heterocycles. The molecule has 0 aliphatic carbocycles. The fourth-order valence-corrected chi connectivity index (χ4v) is 5.57. The number of alkyl halides is 4. The fraction of sp³-hybridized carbons (Fsp3) is 0.455. The number of nitrogens with zero attached hydrogens (tertiary/aromatic N) is 3. The number of aliphatic carboxylic acids is 1. The Morgan fingerprint density at radius 1 is 1.37 bits per heavy atom. The van der Waals surface area contributed by atoms with Gasteiger partial charge in [0, 0.05) is 5.88 Å². The molecule has 1 aromatic carbocycles. The van der Waals surface area contributed by atoms with Crippen LogP contribution in [0.4, 0.5) is 0 Å². The standard InChI is InChI=1S/C22H23Cl4N3O5S/c1-3-4-13-5-7-14(8-6-13)17(28(11-30)34-10-22(24,25)26)18-27-15-19(31)29(20(15)35-18)16(21(32)33)12(2)9-23/h5-8,11,15-17,20H,2-4,9-10H2,1H3,(H,32,33). The zero-order chi connectivity index (χ0) is 25.9. The number of carboxylic acids is 1.